The molecule has 0 atom stereocenters. The molecule has 0 rings (SSSR count). The van der Waals surface area contributed by atoms with E-state index in [1.165, 1.54) is 6.08 Å². The number of rotatable bonds is 3. The number of hydrogen-bond acceptors (Lipinski definition) is 1. The van der Waals surface area contributed by atoms with E-state index < -0.39 is 6.80 Å². The van der Waals surface area contributed by atoms with E-state index in [2.05, 4.69) is 18.5 Å². The maximum absolute atomic E-state index is 11.2. The van der Waals surface area contributed by atoms with E-state index in [0.29, 0.717) is 5.70 Å². The number of alkyl halides is 1. The zero-order chi connectivity index (χ0) is 5.70. The molecule has 0 bridgehead atoms. The van der Waals surface area contributed by atoms with Gasteiger partial charge in [0, 0.05) is 5.70 Å². The van der Waals surface area contributed by atoms with Gasteiger partial charge in [0.25, 0.3) is 0 Å². The van der Waals surface area contributed by atoms with Crippen LogP contribution in [0.4, 0.5) is 4.39 Å². The Balaban J connectivity index is 3.17. The highest BCUT2D eigenvalue weighted by atomic mass is 19.1. The Morgan fingerprint density at radius 2 is 2.43 bits per heavy atom. The smallest absolute Gasteiger partial charge is 0.159 e. The predicted molar refractivity (Wildman–Crippen MR) is 28.4 cm³/mol. The van der Waals surface area contributed by atoms with Crippen LogP contribution in [0, 0.1) is 0 Å². The molecule has 7 heavy (non-hydrogen) atoms. The molecule has 0 aromatic rings. The first-order valence-electron chi connectivity index (χ1n) is 1.92. The van der Waals surface area contributed by atoms with Crippen LogP contribution in [0.3, 0.4) is 0 Å². The van der Waals surface area contributed by atoms with Crippen LogP contribution in [0.1, 0.15) is 0 Å². The van der Waals surface area contributed by atoms with Crippen LogP contribution in [-0.4, -0.2) is 6.80 Å². The van der Waals surface area contributed by atoms with E-state index in [4.69, 9.17) is 0 Å². The molecular formula is C5H8FN. The number of hydrogen-bond donors (Lipinski definition) is 1. The molecule has 0 heterocycles. The first-order chi connectivity index (χ1) is 3.31. The first-order valence-corrected chi connectivity index (χ1v) is 1.92. The quantitative estimate of drug-likeness (QED) is 0.416. The van der Waals surface area contributed by atoms with Gasteiger partial charge in [-0.25, -0.2) is 4.39 Å². The van der Waals surface area contributed by atoms with Crippen LogP contribution in [0.25, 0.3) is 0 Å². The summed E-state index contributed by atoms with van der Waals surface area (Å²) in [6.45, 7) is 6.17. The van der Waals surface area contributed by atoms with Crippen LogP contribution in [0.5, 0.6) is 0 Å². The second-order valence-electron chi connectivity index (χ2n) is 1.04. The predicted octanol–water partition coefficient (Wildman–Crippen LogP) is 1.20. The maximum Gasteiger partial charge on any atom is 0.159 e. The van der Waals surface area contributed by atoms with Gasteiger partial charge in [0.15, 0.2) is 6.80 Å². The molecule has 2 heteroatoms. The molecular weight excluding hydrogens is 93.1 g/mol. The number of nitrogens with one attached hydrogen (secondary N) is 1. The summed E-state index contributed by atoms with van der Waals surface area (Å²) in [4.78, 5) is 0. The van der Waals surface area contributed by atoms with Crippen molar-refractivity contribution in [2.24, 2.45) is 0 Å². The summed E-state index contributed by atoms with van der Waals surface area (Å²) in [7, 11) is 0. The third-order valence-electron chi connectivity index (χ3n) is 0.540. The second-order valence-corrected chi connectivity index (χ2v) is 1.04. The Labute approximate surface area is 42.5 Å². The highest BCUT2D eigenvalue weighted by Crippen LogP contribution is 1.80. The highest BCUT2D eigenvalue weighted by molar-refractivity contribution is 5.07. The van der Waals surface area contributed by atoms with E-state index in [-0.39, 0.29) is 0 Å². The minimum atomic E-state index is -0.579. The first kappa shape index (κ1) is 6.21. The van der Waals surface area contributed by atoms with Gasteiger partial charge in [-0.2, -0.15) is 0 Å². The average Bonchev–Trinajstić information content (AvgIpc) is 1.68. The normalized spacial score (nSPS) is 7.57. The van der Waals surface area contributed by atoms with Gasteiger partial charge in [-0.15, -0.1) is 0 Å². The van der Waals surface area contributed by atoms with Crippen molar-refractivity contribution in [3.05, 3.63) is 24.9 Å². The summed E-state index contributed by atoms with van der Waals surface area (Å²) < 4.78 is 11.2. The molecule has 0 aliphatic carbocycles. The van der Waals surface area contributed by atoms with Crippen molar-refractivity contribution in [3.63, 3.8) is 0 Å². The van der Waals surface area contributed by atoms with E-state index in [0.717, 1.165) is 0 Å². The Bertz CT molecular complexity index is 78.1. The molecule has 0 unspecified atom stereocenters. The van der Waals surface area contributed by atoms with Gasteiger partial charge in [-0.3, -0.25) is 0 Å². The van der Waals surface area contributed by atoms with Crippen molar-refractivity contribution in [1.82, 2.24) is 5.32 Å². The molecule has 0 saturated heterocycles. The van der Waals surface area contributed by atoms with E-state index in [9.17, 15) is 4.39 Å². The van der Waals surface area contributed by atoms with Crippen LogP contribution in [0.2, 0.25) is 0 Å². The Morgan fingerprint density at radius 1 is 1.86 bits per heavy atom. The molecule has 0 spiro atoms. The van der Waals surface area contributed by atoms with E-state index in [1.54, 1.807) is 0 Å². The fourth-order valence-corrected chi connectivity index (χ4v) is 0.158. The van der Waals surface area contributed by atoms with E-state index >= 15 is 0 Å². The topological polar surface area (TPSA) is 12.0 Å². The fourth-order valence-electron chi connectivity index (χ4n) is 0.158. The molecule has 1 nitrogen and oxygen atoms in total. The standard InChI is InChI=1S/C5H8FN/c1-3-5(2)7-4-6/h3,7H,1-2,4H2. The van der Waals surface area contributed by atoms with Crippen molar-refractivity contribution in [2.75, 3.05) is 6.80 Å². The highest BCUT2D eigenvalue weighted by Gasteiger charge is 1.77. The molecule has 0 aliphatic rings. The molecule has 0 aliphatic heterocycles. The van der Waals surface area contributed by atoms with Crippen molar-refractivity contribution in [3.8, 4) is 0 Å². The van der Waals surface area contributed by atoms with Gasteiger partial charge in [-0.05, 0) is 6.08 Å². The molecule has 0 amide bonds. The van der Waals surface area contributed by atoms with Gasteiger partial charge in [0.05, 0.1) is 0 Å². The molecule has 1 N–H and O–H groups in total. The maximum atomic E-state index is 11.2. The molecule has 0 aromatic heterocycles. The van der Waals surface area contributed by atoms with Gasteiger partial charge in [0.2, 0.25) is 0 Å². The molecule has 0 radical (unpaired) electrons. The minimum absolute atomic E-state index is 0.516. The van der Waals surface area contributed by atoms with Gasteiger partial charge >= 0.3 is 0 Å². The Hall–Kier alpha value is -0.790. The summed E-state index contributed by atoms with van der Waals surface area (Å²) in [5.74, 6) is 0. The Morgan fingerprint density at radius 3 is 2.57 bits per heavy atom. The lowest BCUT2D eigenvalue weighted by atomic mass is 10.5. The third kappa shape index (κ3) is 3.03. The van der Waals surface area contributed by atoms with Gasteiger partial charge in [0.1, 0.15) is 0 Å². The van der Waals surface area contributed by atoms with Crippen LogP contribution >= 0.6 is 0 Å². The third-order valence-corrected chi connectivity index (χ3v) is 0.540. The summed E-state index contributed by atoms with van der Waals surface area (Å²) in [5, 5.41) is 2.32. The van der Waals surface area contributed by atoms with Crippen molar-refractivity contribution in [1.29, 1.82) is 0 Å². The summed E-state index contributed by atoms with van der Waals surface area (Å²) in [6.07, 6.45) is 1.46. The lowest BCUT2D eigenvalue weighted by Gasteiger charge is -1.94. The average molecular weight is 101 g/mol. The minimum Gasteiger partial charge on any atom is -0.359 e. The molecule has 0 saturated carbocycles. The van der Waals surface area contributed by atoms with Crippen molar-refractivity contribution in [2.45, 2.75) is 0 Å². The van der Waals surface area contributed by atoms with Crippen molar-refractivity contribution >= 4 is 0 Å². The van der Waals surface area contributed by atoms with Gasteiger partial charge in [-0.1, -0.05) is 13.2 Å². The monoisotopic (exact) mass is 101 g/mol. The van der Waals surface area contributed by atoms with Gasteiger partial charge < -0.3 is 5.32 Å². The largest absolute Gasteiger partial charge is 0.359 e. The Kier molecular flexibility index (Phi) is 3.02. The lowest BCUT2D eigenvalue weighted by molar-refractivity contribution is 0.459. The zero-order valence-corrected chi connectivity index (χ0v) is 4.08. The van der Waals surface area contributed by atoms with Crippen LogP contribution in [-0.2, 0) is 0 Å². The molecule has 0 fully saturated rings. The molecule has 0 aromatic carbocycles. The lowest BCUT2D eigenvalue weighted by Crippen LogP contribution is -2.06. The number of allylic oxidation sites excluding steroid dienone is 1. The SMILES string of the molecule is C=CC(=C)NCF. The second kappa shape index (κ2) is 3.40. The fraction of sp³-hybridized carbons (Fsp3) is 0.200. The summed E-state index contributed by atoms with van der Waals surface area (Å²) >= 11 is 0. The van der Waals surface area contributed by atoms with Crippen LogP contribution in [0.15, 0.2) is 24.9 Å². The summed E-state index contributed by atoms with van der Waals surface area (Å²) in [5.41, 5.74) is 0.516. The summed E-state index contributed by atoms with van der Waals surface area (Å²) in [6, 6.07) is 0. The number of halogens is 1. The molecule has 40 valence electrons. The van der Waals surface area contributed by atoms with E-state index in [1.807, 2.05) is 0 Å². The van der Waals surface area contributed by atoms with Crippen LogP contribution < -0.4 is 5.32 Å². The van der Waals surface area contributed by atoms with Crippen molar-refractivity contribution < 1.29 is 4.39 Å². The zero-order valence-electron chi connectivity index (χ0n) is 4.08.